The van der Waals surface area contributed by atoms with Crippen molar-refractivity contribution in [1.29, 1.82) is 0 Å². The molecule has 2 rings (SSSR count). The van der Waals surface area contributed by atoms with Gasteiger partial charge in [0.2, 0.25) is 0 Å². The van der Waals surface area contributed by atoms with Crippen molar-refractivity contribution in [3.05, 3.63) is 42.0 Å². The number of nitrogens with two attached hydrogens (primary N) is 4. The van der Waals surface area contributed by atoms with Crippen molar-refractivity contribution in [3.63, 3.8) is 0 Å². The van der Waals surface area contributed by atoms with Crippen LogP contribution in [0.15, 0.2) is 36.4 Å². The summed E-state index contributed by atoms with van der Waals surface area (Å²) in [6, 6.07) is 10.8. The average molecular weight is 260 g/mol. The fourth-order valence-electron chi connectivity index (χ4n) is 1.91. The first-order valence-corrected chi connectivity index (χ1v) is 5.62. The van der Waals surface area contributed by atoms with Gasteiger partial charge >= 0.3 is 0 Å². The van der Waals surface area contributed by atoms with Gasteiger partial charge in [-0.15, -0.1) is 0 Å². The molecule has 0 aliphatic carbocycles. The molecule has 6 nitrogen and oxygen atoms in total. The molecule has 0 fully saturated rings. The van der Waals surface area contributed by atoms with Crippen molar-refractivity contribution in [1.82, 2.24) is 0 Å². The van der Waals surface area contributed by atoms with Crippen molar-refractivity contribution in [2.45, 2.75) is 6.61 Å². The summed E-state index contributed by atoms with van der Waals surface area (Å²) in [5, 5.41) is 0. The Kier molecular flexibility index (Phi) is 3.86. The van der Waals surface area contributed by atoms with E-state index < -0.39 is 0 Å². The van der Waals surface area contributed by atoms with E-state index in [1.807, 2.05) is 18.2 Å². The SMILES string of the molecule is NOCc1cc(-c2ccc(N)cc2N)ccc1ON. The van der Waals surface area contributed by atoms with Crippen molar-refractivity contribution in [2.24, 2.45) is 11.8 Å². The fraction of sp³-hybridized carbons (Fsp3) is 0.0769. The highest BCUT2D eigenvalue weighted by Crippen LogP contribution is 2.31. The molecule has 0 bridgehead atoms. The van der Waals surface area contributed by atoms with Crippen LogP contribution in [0, 0.1) is 0 Å². The molecule has 0 aliphatic rings. The van der Waals surface area contributed by atoms with E-state index in [1.54, 1.807) is 18.2 Å². The number of anilines is 2. The first-order chi connectivity index (χ1) is 9.15. The zero-order valence-electron chi connectivity index (χ0n) is 10.3. The van der Waals surface area contributed by atoms with Crippen LogP contribution in [0.25, 0.3) is 11.1 Å². The number of rotatable bonds is 4. The quantitative estimate of drug-likeness (QED) is 0.483. The van der Waals surface area contributed by atoms with E-state index in [4.69, 9.17) is 28.1 Å². The number of nitrogen functional groups attached to an aromatic ring is 2. The third kappa shape index (κ3) is 2.76. The maximum atomic E-state index is 5.96. The second-order valence-corrected chi connectivity index (χ2v) is 4.10. The Hall–Kier alpha value is -2.28. The van der Waals surface area contributed by atoms with Gasteiger partial charge in [-0.25, -0.2) is 5.90 Å². The van der Waals surface area contributed by atoms with E-state index in [0.717, 1.165) is 16.7 Å². The van der Waals surface area contributed by atoms with E-state index >= 15 is 0 Å². The molecule has 6 heteroatoms. The number of hydrogen-bond donors (Lipinski definition) is 4. The first kappa shape index (κ1) is 13.2. The van der Waals surface area contributed by atoms with Crippen LogP contribution in [0.3, 0.4) is 0 Å². The molecule has 0 heterocycles. The van der Waals surface area contributed by atoms with Gasteiger partial charge in [0.1, 0.15) is 0 Å². The molecule has 2 aromatic carbocycles. The van der Waals surface area contributed by atoms with Gasteiger partial charge in [0, 0.05) is 22.5 Å². The molecule has 100 valence electrons. The van der Waals surface area contributed by atoms with E-state index in [9.17, 15) is 0 Å². The topological polar surface area (TPSA) is 123 Å². The van der Waals surface area contributed by atoms with E-state index in [1.165, 1.54) is 0 Å². The van der Waals surface area contributed by atoms with Crippen LogP contribution in [0.2, 0.25) is 0 Å². The Balaban J connectivity index is 2.47. The minimum Gasteiger partial charge on any atom is -0.411 e. The molecule has 0 saturated heterocycles. The predicted octanol–water partition coefficient (Wildman–Crippen LogP) is 1.16. The molecule has 0 radical (unpaired) electrons. The third-order valence-corrected chi connectivity index (χ3v) is 2.81. The van der Waals surface area contributed by atoms with Gasteiger partial charge in [0.05, 0.1) is 6.61 Å². The Labute approximate surface area is 110 Å². The minimum absolute atomic E-state index is 0.190. The van der Waals surface area contributed by atoms with Crippen LogP contribution in [-0.4, -0.2) is 0 Å². The van der Waals surface area contributed by atoms with Gasteiger partial charge < -0.3 is 16.3 Å². The van der Waals surface area contributed by atoms with E-state index in [-0.39, 0.29) is 6.61 Å². The van der Waals surface area contributed by atoms with Gasteiger partial charge in [-0.3, -0.25) is 4.84 Å². The summed E-state index contributed by atoms with van der Waals surface area (Å²) >= 11 is 0. The molecule has 0 spiro atoms. The van der Waals surface area contributed by atoms with Crippen LogP contribution < -0.4 is 28.1 Å². The van der Waals surface area contributed by atoms with Crippen LogP contribution in [0.4, 0.5) is 11.4 Å². The highest BCUT2D eigenvalue weighted by Gasteiger charge is 2.08. The van der Waals surface area contributed by atoms with Gasteiger partial charge in [-0.1, -0.05) is 12.1 Å². The van der Waals surface area contributed by atoms with Crippen molar-refractivity contribution in [3.8, 4) is 16.9 Å². The fourth-order valence-corrected chi connectivity index (χ4v) is 1.91. The molecule has 0 unspecified atom stereocenters. The summed E-state index contributed by atoms with van der Waals surface area (Å²) < 4.78 is 0. The van der Waals surface area contributed by atoms with Crippen molar-refractivity contribution >= 4 is 11.4 Å². The van der Waals surface area contributed by atoms with Crippen LogP contribution in [-0.2, 0) is 11.4 Å². The Bertz CT molecular complexity index is 587. The summed E-state index contributed by atoms with van der Waals surface area (Å²) in [5.74, 6) is 10.8. The Morgan fingerprint density at radius 3 is 2.37 bits per heavy atom. The lowest BCUT2D eigenvalue weighted by molar-refractivity contribution is 0.121. The zero-order chi connectivity index (χ0) is 13.8. The standard InChI is InChI=1S/C13H16N4O2/c14-10-2-3-11(12(15)6-10)8-1-4-13(19-17)9(5-8)7-18-16/h1-6H,7,14-17H2. The summed E-state index contributed by atoms with van der Waals surface area (Å²) in [6.45, 7) is 0.190. The molecule has 8 N–H and O–H groups in total. The predicted molar refractivity (Wildman–Crippen MR) is 74.5 cm³/mol. The summed E-state index contributed by atoms with van der Waals surface area (Å²) in [5.41, 5.74) is 15.4. The monoisotopic (exact) mass is 260 g/mol. The highest BCUT2D eigenvalue weighted by molar-refractivity contribution is 5.79. The smallest absolute Gasteiger partial charge is 0.152 e. The second kappa shape index (κ2) is 5.57. The molecule has 0 aromatic heterocycles. The van der Waals surface area contributed by atoms with Crippen molar-refractivity contribution in [2.75, 3.05) is 11.5 Å². The molecule has 0 amide bonds. The summed E-state index contributed by atoms with van der Waals surface area (Å²) in [6.07, 6.45) is 0. The van der Waals surface area contributed by atoms with Gasteiger partial charge in [-0.05, 0) is 29.8 Å². The lowest BCUT2D eigenvalue weighted by atomic mass is 10.0. The van der Waals surface area contributed by atoms with Crippen LogP contribution >= 0.6 is 0 Å². The third-order valence-electron chi connectivity index (χ3n) is 2.81. The van der Waals surface area contributed by atoms with Crippen molar-refractivity contribution < 1.29 is 9.68 Å². The van der Waals surface area contributed by atoms with Crippen LogP contribution in [0.1, 0.15) is 5.56 Å². The second-order valence-electron chi connectivity index (χ2n) is 4.10. The van der Waals surface area contributed by atoms with Gasteiger partial charge in [-0.2, -0.15) is 5.90 Å². The number of hydrogen-bond acceptors (Lipinski definition) is 6. The maximum Gasteiger partial charge on any atom is 0.152 e. The van der Waals surface area contributed by atoms with E-state index in [0.29, 0.717) is 17.1 Å². The number of benzene rings is 2. The molecule has 0 aliphatic heterocycles. The molecule has 0 saturated carbocycles. The Morgan fingerprint density at radius 1 is 0.947 bits per heavy atom. The average Bonchev–Trinajstić information content (AvgIpc) is 2.39. The normalized spacial score (nSPS) is 10.4. The molecule has 0 atom stereocenters. The lowest BCUT2D eigenvalue weighted by Crippen LogP contribution is -2.07. The summed E-state index contributed by atoms with van der Waals surface area (Å²) in [7, 11) is 0. The summed E-state index contributed by atoms with van der Waals surface area (Å²) in [4.78, 5) is 9.38. The highest BCUT2D eigenvalue weighted by atomic mass is 16.6. The zero-order valence-corrected chi connectivity index (χ0v) is 10.3. The molecule has 2 aromatic rings. The first-order valence-electron chi connectivity index (χ1n) is 5.62. The van der Waals surface area contributed by atoms with Gasteiger partial charge in [0.25, 0.3) is 0 Å². The van der Waals surface area contributed by atoms with Gasteiger partial charge in [0.15, 0.2) is 5.75 Å². The maximum absolute atomic E-state index is 5.96. The van der Waals surface area contributed by atoms with E-state index in [2.05, 4.69) is 4.84 Å². The van der Waals surface area contributed by atoms with Crippen LogP contribution in [0.5, 0.6) is 5.75 Å². The Morgan fingerprint density at radius 2 is 1.74 bits per heavy atom. The molecular formula is C13H16N4O2. The molecule has 19 heavy (non-hydrogen) atoms. The minimum atomic E-state index is 0.190. The molecular weight excluding hydrogens is 244 g/mol. The lowest BCUT2D eigenvalue weighted by Gasteiger charge is -2.11. The largest absolute Gasteiger partial charge is 0.411 e.